The lowest BCUT2D eigenvalue weighted by molar-refractivity contribution is -0.119. The van der Waals surface area contributed by atoms with Gasteiger partial charge in [0.25, 0.3) is 5.91 Å². The van der Waals surface area contributed by atoms with Crippen LogP contribution in [0.2, 0.25) is 0 Å². The first kappa shape index (κ1) is 20.4. The number of amides is 2. The maximum Gasteiger partial charge on any atom is 0.253 e. The Balaban J connectivity index is 1.43. The van der Waals surface area contributed by atoms with Crippen LogP contribution in [-0.4, -0.2) is 42.9 Å². The normalized spacial score (nSPS) is 17.8. The van der Waals surface area contributed by atoms with E-state index in [4.69, 9.17) is 0 Å². The zero-order chi connectivity index (χ0) is 19.8. The molecule has 152 valence electrons. The highest BCUT2D eigenvalue weighted by atomic mass is 16.2. The average molecular weight is 384 g/mol. The largest absolute Gasteiger partial charge is 0.376 e. The summed E-state index contributed by atoms with van der Waals surface area (Å²) in [6.45, 7) is 4.81. The summed E-state index contributed by atoms with van der Waals surface area (Å²) >= 11 is 0. The molecule has 0 radical (unpaired) electrons. The molecule has 1 heterocycles. The Kier molecular flexibility index (Phi) is 7.52. The topological polar surface area (TPSA) is 61.4 Å². The molecule has 1 aliphatic carbocycles. The lowest BCUT2D eigenvalue weighted by Crippen LogP contribution is -2.37. The molecule has 2 N–H and O–H groups in total. The van der Waals surface area contributed by atoms with Crippen LogP contribution in [-0.2, 0) is 4.79 Å². The van der Waals surface area contributed by atoms with Gasteiger partial charge in [-0.3, -0.25) is 9.59 Å². The molecule has 3 rings (SSSR count). The van der Waals surface area contributed by atoms with Gasteiger partial charge in [-0.1, -0.05) is 24.6 Å². The summed E-state index contributed by atoms with van der Waals surface area (Å²) in [5, 5.41) is 6.12. The van der Waals surface area contributed by atoms with Crippen LogP contribution in [0, 0.1) is 5.92 Å². The predicted octanol–water partition coefficient (Wildman–Crippen LogP) is 3.98. The molecule has 0 aromatic heterocycles. The molecule has 1 aromatic carbocycles. The number of nitrogens with zero attached hydrogens (tertiary/aromatic N) is 1. The Morgan fingerprint density at radius 1 is 1.18 bits per heavy atom. The molecule has 0 saturated carbocycles. The number of hydrogen-bond donors (Lipinski definition) is 2. The van der Waals surface area contributed by atoms with E-state index < -0.39 is 0 Å². The maximum absolute atomic E-state index is 12.7. The number of hydrogen-bond acceptors (Lipinski definition) is 3. The molecule has 2 aliphatic rings. The Morgan fingerprint density at radius 3 is 2.75 bits per heavy atom. The summed E-state index contributed by atoms with van der Waals surface area (Å²) in [5.74, 6) is 0.767. The van der Waals surface area contributed by atoms with Gasteiger partial charge in [0.15, 0.2) is 0 Å². The minimum absolute atomic E-state index is 0.0156. The quantitative estimate of drug-likeness (QED) is 0.700. The van der Waals surface area contributed by atoms with E-state index in [0.717, 1.165) is 38.0 Å². The van der Waals surface area contributed by atoms with Crippen molar-refractivity contribution in [3.05, 3.63) is 41.5 Å². The fourth-order valence-corrected chi connectivity index (χ4v) is 3.90. The van der Waals surface area contributed by atoms with Crippen molar-refractivity contribution in [2.45, 2.75) is 51.9 Å². The number of carbonyl (C=O) groups excluding carboxylic acids is 2. The zero-order valence-electron chi connectivity index (χ0n) is 17.0. The second-order valence-electron chi connectivity index (χ2n) is 8.12. The molecule has 1 fully saturated rings. The van der Waals surface area contributed by atoms with E-state index in [1.165, 1.54) is 31.3 Å². The number of nitrogens with one attached hydrogen (secondary N) is 2. The van der Waals surface area contributed by atoms with Crippen LogP contribution in [0.3, 0.4) is 0 Å². The van der Waals surface area contributed by atoms with E-state index in [9.17, 15) is 9.59 Å². The van der Waals surface area contributed by atoms with Crippen LogP contribution in [0.5, 0.6) is 0 Å². The second-order valence-corrected chi connectivity index (χ2v) is 8.12. The van der Waals surface area contributed by atoms with Crippen molar-refractivity contribution in [1.29, 1.82) is 0 Å². The lowest BCUT2D eigenvalue weighted by Gasteiger charge is -2.30. The van der Waals surface area contributed by atoms with Crippen LogP contribution < -0.4 is 10.6 Å². The number of carbonyl (C=O) groups is 2. The van der Waals surface area contributed by atoms with Crippen LogP contribution in [0.25, 0.3) is 0 Å². The van der Waals surface area contributed by atoms with Gasteiger partial charge in [0.2, 0.25) is 5.91 Å². The summed E-state index contributed by atoms with van der Waals surface area (Å²) in [5.41, 5.74) is 2.96. The van der Waals surface area contributed by atoms with Crippen LogP contribution in [0.1, 0.15) is 62.2 Å². The van der Waals surface area contributed by atoms with Gasteiger partial charge in [0.05, 0.1) is 6.54 Å². The van der Waals surface area contributed by atoms with E-state index >= 15 is 0 Å². The van der Waals surface area contributed by atoms with Crippen LogP contribution >= 0.6 is 0 Å². The molecule has 0 bridgehead atoms. The second kappa shape index (κ2) is 10.3. The minimum atomic E-state index is -0.0156. The first-order valence-corrected chi connectivity index (χ1v) is 10.7. The van der Waals surface area contributed by atoms with Crippen molar-refractivity contribution in [3.8, 4) is 0 Å². The van der Waals surface area contributed by atoms with Gasteiger partial charge >= 0.3 is 0 Å². The third-order valence-electron chi connectivity index (χ3n) is 5.79. The minimum Gasteiger partial charge on any atom is -0.376 e. The maximum atomic E-state index is 12.7. The number of benzene rings is 1. The molecule has 1 aromatic rings. The molecule has 1 aliphatic heterocycles. The van der Waals surface area contributed by atoms with Crippen LogP contribution in [0.4, 0.5) is 5.69 Å². The number of anilines is 1. The van der Waals surface area contributed by atoms with Crippen molar-refractivity contribution in [3.63, 3.8) is 0 Å². The zero-order valence-corrected chi connectivity index (χ0v) is 17.0. The van der Waals surface area contributed by atoms with Gasteiger partial charge in [0.1, 0.15) is 0 Å². The number of rotatable bonds is 7. The average Bonchev–Trinajstić information content (AvgIpc) is 2.73. The van der Waals surface area contributed by atoms with E-state index in [2.05, 4.69) is 23.6 Å². The Hall–Kier alpha value is -2.30. The van der Waals surface area contributed by atoms with Crippen LogP contribution in [0.15, 0.2) is 35.9 Å². The van der Waals surface area contributed by atoms with E-state index in [1.54, 1.807) is 0 Å². The van der Waals surface area contributed by atoms with Gasteiger partial charge < -0.3 is 15.5 Å². The summed E-state index contributed by atoms with van der Waals surface area (Å²) in [6, 6.07) is 7.47. The SMILES string of the molecule is CC1CCN(C(=O)c2cccc(NCC(=O)NCCC3=CCCCC3)c2)CC1. The van der Waals surface area contributed by atoms with E-state index in [1.807, 2.05) is 29.2 Å². The molecule has 28 heavy (non-hydrogen) atoms. The first-order valence-electron chi connectivity index (χ1n) is 10.7. The third kappa shape index (κ3) is 6.11. The molecule has 0 spiro atoms. The van der Waals surface area contributed by atoms with Crippen molar-refractivity contribution >= 4 is 17.5 Å². The highest BCUT2D eigenvalue weighted by Crippen LogP contribution is 2.20. The fourth-order valence-electron chi connectivity index (χ4n) is 3.90. The van der Waals surface area contributed by atoms with Crippen molar-refractivity contribution in [2.75, 3.05) is 31.5 Å². The molecule has 5 nitrogen and oxygen atoms in total. The molecular formula is C23H33N3O2. The summed E-state index contributed by atoms with van der Waals surface area (Å²) < 4.78 is 0. The lowest BCUT2D eigenvalue weighted by atomic mass is 9.97. The van der Waals surface area contributed by atoms with Gasteiger partial charge in [0, 0.05) is 30.9 Å². The van der Waals surface area contributed by atoms with E-state index in [-0.39, 0.29) is 18.4 Å². The smallest absolute Gasteiger partial charge is 0.253 e. The fraction of sp³-hybridized carbons (Fsp3) is 0.565. The summed E-state index contributed by atoms with van der Waals surface area (Å²) in [7, 11) is 0. The van der Waals surface area contributed by atoms with Crippen molar-refractivity contribution in [1.82, 2.24) is 10.2 Å². The molecule has 2 amide bonds. The summed E-state index contributed by atoms with van der Waals surface area (Å²) in [4.78, 5) is 26.7. The molecular weight excluding hydrogens is 350 g/mol. The van der Waals surface area contributed by atoms with E-state index in [0.29, 0.717) is 18.0 Å². The van der Waals surface area contributed by atoms with Gasteiger partial charge in [-0.25, -0.2) is 0 Å². The molecule has 5 heteroatoms. The molecule has 0 atom stereocenters. The number of piperidine rings is 1. The Bertz CT molecular complexity index is 706. The standard InChI is InChI=1S/C23H33N3O2/c1-18-11-14-26(15-12-18)23(28)20-8-5-9-21(16-20)25-17-22(27)24-13-10-19-6-3-2-4-7-19/h5-6,8-9,16,18,25H,2-4,7,10-15,17H2,1H3,(H,24,27). The Morgan fingerprint density at radius 2 is 2.00 bits per heavy atom. The van der Waals surface area contributed by atoms with Crippen molar-refractivity contribution < 1.29 is 9.59 Å². The summed E-state index contributed by atoms with van der Waals surface area (Å²) in [6.07, 6.45) is 10.3. The third-order valence-corrected chi connectivity index (χ3v) is 5.79. The molecule has 0 unspecified atom stereocenters. The monoisotopic (exact) mass is 383 g/mol. The first-order chi connectivity index (χ1) is 13.6. The van der Waals surface area contributed by atoms with Gasteiger partial charge in [-0.2, -0.15) is 0 Å². The number of likely N-dealkylation sites (tertiary alicyclic amines) is 1. The Labute approximate surface area is 168 Å². The highest BCUT2D eigenvalue weighted by Gasteiger charge is 2.21. The van der Waals surface area contributed by atoms with Gasteiger partial charge in [-0.15, -0.1) is 0 Å². The van der Waals surface area contributed by atoms with Crippen molar-refractivity contribution in [2.24, 2.45) is 5.92 Å². The highest BCUT2D eigenvalue weighted by molar-refractivity contribution is 5.95. The number of allylic oxidation sites excluding steroid dienone is 1. The van der Waals surface area contributed by atoms with Gasteiger partial charge in [-0.05, 0) is 69.1 Å². The molecule has 1 saturated heterocycles. The predicted molar refractivity (Wildman–Crippen MR) is 113 cm³/mol.